The third-order valence-corrected chi connectivity index (χ3v) is 4.00. The van der Waals surface area contributed by atoms with E-state index in [0.29, 0.717) is 0 Å². The van der Waals surface area contributed by atoms with Crippen molar-refractivity contribution in [2.75, 3.05) is 11.4 Å². The predicted molar refractivity (Wildman–Crippen MR) is 97.8 cm³/mol. The van der Waals surface area contributed by atoms with Gasteiger partial charge in [0.2, 0.25) is 0 Å². The van der Waals surface area contributed by atoms with Gasteiger partial charge >= 0.3 is 0 Å². The Morgan fingerprint density at radius 2 is 1.57 bits per heavy atom. The molecule has 0 aromatic heterocycles. The van der Waals surface area contributed by atoms with Crippen molar-refractivity contribution in [3.63, 3.8) is 0 Å². The normalized spacial score (nSPS) is 10.5. The van der Waals surface area contributed by atoms with Crippen LogP contribution in [0.1, 0.15) is 54.9 Å². The Labute approximate surface area is 140 Å². The summed E-state index contributed by atoms with van der Waals surface area (Å²) in [6.45, 7) is 6.89. The lowest BCUT2D eigenvalue weighted by molar-refractivity contribution is 0.0986. The van der Waals surface area contributed by atoms with E-state index in [2.05, 4.69) is 13.8 Å². The summed E-state index contributed by atoms with van der Waals surface area (Å²) in [5.41, 5.74) is 2.64. The summed E-state index contributed by atoms with van der Waals surface area (Å²) in [6.07, 6.45) is 5.94. The molecule has 0 aliphatic rings. The van der Waals surface area contributed by atoms with Crippen molar-refractivity contribution in [1.29, 1.82) is 0 Å². The van der Waals surface area contributed by atoms with Gasteiger partial charge in [-0.15, -0.1) is 0 Å². The van der Waals surface area contributed by atoms with Gasteiger partial charge in [0.25, 0.3) is 5.91 Å². The maximum atomic E-state index is 12.9. The summed E-state index contributed by atoms with van der Waals surface area (Å²) >= 11 is 0. The monoisotopic (exact) mass is 308 g/mol. The highest BCUT2D eigenvalue weighted by Gasteiger charge is 2.16. The third kappa shape index (κ3) is 5.24. The van der Waals surface area contributed by atoms with Gasteiger partial charge in [-0.1, -0.05) is 62.9 Å². The fourth-order valence-corrected chi connectivity index (χ4v) is 2.63. The first-order valence-corrected chi connectivity index (χ1v) is 8.51. The Balaban J connectivity index is 2.11. The second kappa shape index (κ2) is 9.14. The predicted octanol–water partition coefficient (Wildman–Crippen LogP) is 5.49. The second-order valence-electron chi connectivity index (χ2n) is 5.90. The summed E-state index contributed by atoms with van der Waals surface area (Å²) in [4.78, 5) is 14.8. The number of nitrogens with zero attached hydrogens (tertiary/aromatic N) is 1. The molecule has 0 unspecified atom stereocenters. The fraction of sp³-hybridized carbons (Fsp3) is 0.333. The van der Waals surface area contributed by atoms with E-state index in [1.54, 1.807) is 0 Å². The van der Waals surface area contributed by atoms with E-state index in [-0.39, 0.29) is 5.91 Å². The Morgan fingerprint density at radius 3 is 2.22 bits per heavy atom. The van der Waals surface area contributed by atoms with Gasteiger partial charge in [0, 0.05) is 17.8 Å². The number of hydrogen-bond donors (Lipinski definition) is 0. The van der Waals surface area contributed by atoms with Crippen LogP contribution in [0.15, 0.2) is 54.6 Å². The molecule has 0 saturated heterocycles. The molecular formula is C21H26NO. The van der Waals surface area contributed by atoms with Crippen LogP contribution in [0.4, 0.5) is 5.69 Å². The minimum atomic E-state index is 0.0675. The van der Waals surface area contributed by atoms with Crippen molar-refractivity contribution in [2.45, 2.75) is 39.0 Å². The minimum Gasteiger partial charge on any atom is -0.308 e. The van der Waals surface area contributed by atoms with Crippen LogP contribution in [-0.4, -0.2) is 12.5 Å². The van der Waals surface area contributed by atoms with Gasteiger partial charge in [-0.3, -0.25) is 4.79 Å². The Bertz CT molecular complexity index is 589. The van der Waals surface area contributed by atoms with Crippen LogP contribution in [-0.2, 0) is 0 Å². The molecule has 2 rings (SSSR count). The maximum Gasteiger partial charge on any atom is 0.258 e. The number of rotatable bonds is 8. The molecule has 0 saturated carbocycles. The molecule has 0 N–H and O–H groups in total. The molecule has 121 valence electrons. The first-order chi connectivity index (χ1) is 11.2. The minimum absolute atomic E-state index is 0.0675. The van der Waals surface area contributed by atoms with Gasteiger partial charge in [0.1, 0.15) is 0 Å². The Morgan fingerprint density at radius 1 is 0.913 bits per heavy atom. The maximum absolute atomic E-state index is 12.9. The number of amides is 1. The zero-order valence-corrected chi connectivity index (χ0v) is 14.0. The van der Waals surface area contributed by atoms with Gasteiger partial charge in [-0.2, -0.15) is 0 Å². The molecule has 0 heterocycles. The number of carbonyl (C=O) groups is 1. The van der Waals surface area contributed by atoms with Crippen molar-refractivity contribution in [1.82, 2.24) is 0 Å². The molecule has 0 atom stereocenters. The lowest BCUT2D eigenvalue weighted by atomic mass is 10.1. The summed E-state index contributed by atoms with van der Waals surface area (Å²) in [6, 6.07) is 17.4. The average molecular weight is 308 g/mol. The molecule has 0 spiro atoms. The summed E-state index contributed by atoms with van der Waals surface area (Å²) in [7, 11) is 0. The number of unbranched alkanes of at least 4 members (excludes halogenated alkanes) is 4. The van der Waals surface area contributed by atoms with Crippen LogP contribution < -0.4 is 4.90 Å². The van der Waals surface area contributed by atoms with E-state index in [0.717, 1.165) is 29.8 Å². The van der Waals surface area contributed by atoms with E-state index in [1.807, 2.05) is 59.5 Å². The standard InChI is InChI=1S/C21H26NO/c1-3-4-5-6-10-17-22(20-15-13-18(2)14-16-20)21(23)19-11-8-7-9-12-19/h7-9,11-16H,2-6,10,17H2,1H3. The van der Waals surface area contributed by atoms with Crippen LogP contribution in [0.5, 0.6) is 0 Å². The zero-order valence-electron chi connectivity index (χ0n) is 14.0. The molecule has 2 heteroatoms. The fourth-order valence-electron chi connectivity index (χ4n) is 2.63. The van der Waals surface area contributed by atoms with Crippen molar-refractivity contribution in [3.8, 4) is 0 Å². The van der Waals surface area contributed by atoms with E-state index < -0.39 is 0 Å². The summed E-state index contributed by atoms with van der Waals surface area (Å²) in [5, 5.41) is 0. The molecule has 2 aromatic rings. The molecule has 1 radical (unpaired) electrons. The highest BCUT2D eigenvalue weighted by molar-refractivity contribution is 6.06. The van der Waals surface area contributed by atoms with Crippen molar-refractivity contribution in [2.24, 2.45) is 0 Å². The average Bonchev–Trinajstić information content (AvgIpc) is 2.59. The summed E-state index contributed by atoms with van der Waals surface area (Å²) in [5.74, 6) is 0.0675. The van der Waals surface area contributed by atoms with Crippen LogP contribution in [0.25, 0.3) is 0 Å². The molecule has 2 aromatic carbocycles. The van der Waals surface area contributed by atoms with Crippen molar-refractivity contribution in [3.05, 3.63) is 72.6 Å². The quantitative estimate of drug-likeness (QED) is 0.591. The van der Waals surface area contributed by atoms with Gasteiger partial charge < -0.3 is 4.90 Å². The molecule has 0 bridgehead atoms. The molecule has 2 nitrogen and oxygen atoms in total. The highest BCUT2D eigenvalue weighted by Crippen LogP contribution is 2.19. The van der Waals surface area contributed by atoms with Crippen molar-refractivity contribution >= 4 is 11.6 Å². The smallest absolute Gasteiger partial charge is 0.258 e. The molecule has 23 heavy (non-hydrogen) atoms. The van der Waals surface area contributed by atoms with E-state index in [1.165, 1.54) is 25.7 Å². The number of carbonyl (C=O) groups excluding carboxylic acids is 1. The van der Waals surface area contributed by atoms with Gasteiger partial charge in [0.05, 0.1) is 0 Å². The first-order valence-electron chi connectivity index (χ1n) is 8.51. The zero-order chi connectivity index (χ0) is 16.5. The van der Waals surface area contributed by atoms with E-state index in [4.69, 9.17) is 0 Å². The second-order valence-corrected chi connectivity index (χ2v) is 5.90. The topological polar surface area (TPSA) is 20.3 Å². The van der Waals surface area contributed by atoms with Gasteiger partial charge in [-0.25, -0.2) is 0 Å². The molecule has 0 aliphatic carbocycles. The Kier molecular flexibility index (Phi) is 6.86. The summed E-state index contributed by atoms with van der Waals surface area (Å²) < 4.78 is 0. The third-order valence-electron chi connectivity index (χ3n) is 4.00. The Hall–Kier alpha value is -2.09. The molecule has 1 amide bonds. The van der Waals surface area contributed by atoms with Crippen molar-refractivity contribution < 1.29 is 4.79 Å². The number of hydrogen-bond acceptors (Lipinski definition) is 1. The van der Waals surface area contributed by atoms with Crippen LogP contribution in [0, 0.1) is 6.92 Å². The molecule has 0 aliphatic heterocycles. The SMILES string of the molecule is [CH2]c1ccc(N(CCCCCCC)C(=O)c2ccccc2)cc1. The van der Waals surface area contributed by atoms with Crippen LogP contribution in [0.3, 0.4) is 0 Å². The van der Waals surface area contributed by atoms with Crippen LogP contribution in [0.2, 0.25) is 0 Å². The van der Waals surface area contributed by atoms with E-state index in [9.17, 15) is 4.79 Å². The van der Waals surface area contributed by atoms with Gasteiger partial charge in [0.15, 0.2) is 0 Å². The highest BCUT2D eigenvalue weighted by atomic mass is 16.2. The number of anilines is 1. The van der Waals surface area contributed by atoms with E-state index >= 15 is 0 Å². The first kappa shape index (κ1) is 17.3. The molecular weight excluding hydrogens is 282 g/mol. The molecule has 0 fully saturated rings. The lowest BCUT2D eigenvalue weighted by Gasteiger charge is -2.23. The largest absolute Gasteiger partial charge is 0.308 e. The number of benzene rings is 2. The lowest BCUT2D eigenvalue weighted by Crippen LogP contribution is -2.31. The van der Waals surface area contributed by atoms with Gasteiger partial charge in [-0.05, 0) is 43.2 Å². The van der Waals surface area contributed by atoms with Crippen LogP contribution >= 0.6 is 0 Å².